The molecule has 0 saturated heterocycles. The lowest BCUT2D eigenvalue weighted by atomic mass is 10.2. The lowest BCUT2D eigenvalue weighted by Gasteiger charge is -2.19. The summed E-state index contributed by atoms with van der Waals surface area (Å²) in [5.41, 5.74) is 1.39. The largest absolute Gasteiger partial charge is 0.494 e. The van der Waals surface area contributed by atoms with E-state index < -0.39 is 12.1 Å². The van der Waals surface area contributed by atoms with Gasteiger partial charge < -0.3 is 9.84 Å². The third kappa shape index (κ3) is 7.36. The number of hydrogen-bond acceptors (Lipinski definition) is 3. The van der Waals surface area contributed by atoms with Crippen molar-refractivity contribution >= 4 is 5.97 Å². The molecule has 0 spiro atoms. The summed E-state index contributed by atoms with van der Waals surface area (Å²) >= 11 is 0. The van der Waals surface area contributed by atoms with E-state index in [0.717, 1.165) is 31.5 Å². The van der Waals surface area contributed by atoms with Crippen molar-refractivity contribution < 1.29 is 27.8 Å². The van der Waals surface area contributed by atoms with Gasteiger partial charge in [0, 0.05) is 12.6 Å². The minimum absolute atomic E-state index is 0.739. The molecule has 7 heteroatoms. The van der Waals surface area contributed by atoms with E-state index in [2.05, 4.69) is 36.1 Å². The smallest absolute Gasteiger partial charge is 0.490 e. The number of carbonyl (C=O) groups is 1. The molecule has 1 saturated carbocycles. The fourth-order valence-electron chi connectivity index (χ4n) is 2.03. The number of nitrogens with zero attached hydrogens (tertiary/aromatic N) is 1. The number of hydrogen-bond donors (Lipinski definition) is 1. The van der Waals surface area contributed by atoms with Gasteiger partial charge in [-0.2, -0.15) is 13.2 Å². The Labute approximate surface area is 133 Å². The topological polar surface area (TPSA) is 49.8 Å². The molecule has 1 fully saturated rings. The number of carboxylic acids is 1. The number of halogens is 3. The Morgan fingerprint density at radius 1 is 1.26 bits per heavy atom. The van der Waals surface area contributed by atoms with Crippen molar-refractivity contribution in [3.63, 3.8) is 0 Å². The normalized spacial score (nSPS) is 14.2. The molecule has 0 aromatic heterocycles. The predicted molar refractivity (Wildman–Crippen MR) is 80.4 cm³/mol. The molecule has 130 valence electrons. The minimum atomic E-state index is -5.08. The monoisotopic (exact) mass is 333 g/mol. The van der Waals surface area contributed by atoms with Crippen LogP contribution in [0.4, 0.5) is 13.2 Å². The van der Waals surface area contributed by atoms with E-state index >= 15 is 0 Å². The van der Waals surface area contributed by atoms with Crippen LogP contribution in [-0.4, -0.2) is 41.3 Å². The van der Waals surface area contributed by atoms with Crippen LogP contribution in [0.5, 0.6) is 5.75 Å². The summed E-state index contributed by atoms with van der Waals surface area (Å²) in [5, 5.41) is 7.12. The van der Waals surface area contributed by atoms with Crippen LogP contribution in [0, 0.1) is 0 Å². The highest BCUT2D eigenvalue weighted by Crippen LogP contribution is 2.28. The van der Waals surface area contributed by atoms with Crippen LogP contribution in [0.1, 0.15) is 32.3 Å². The first kappa shape index (κ1) is 19.3. The van der Waals surface area contributed by atoms with Crippen molar-refractivity contribution in [3.05, 3.63) is 29.8 Å². The van der Waals surface area contributed by atoms with Gasteiger partial charge in [-0.1, -0.05) is 19.1 Å². The van der Waals surface area contributed by atoms with E-state index in [0.29, 0.717) is 0 Å². The molecule has 0 amide bonds. The third-order valence-corrected chi connectivity index (χ3v) is 3.33. The molecule has 4 nitrogen and oxygen atoms in total. The molecule has 23 heavy (non-hydrogen) atoms. The molecule has 0 atom stereocenters. The second-order valence-corrected chi connectivity index (χ2v) is 5.17. The summed E-state index contributed by atoms with van der Waals surface area (Å²) in [5.74, 6) is -1.78. The lowest BCUT2D eigenvalue weighted by molar-refractivity contribution is -0.192. The van der Waals surface area contributed by atoms with Crippen molar-refractivity contribution in [1.82, 2.24) is 4.90 Å². The van der Waals surface area contributed by atoms with Crippen molar-refractivity contribution in [3.8, 4) is 5.75 Å². The maximum absolute atomic E-state index is 10.6. The second kappa shape index (κ2) is 8.76. The van der Waals surface area contributed by atoms with Crippen molar-refractivity contribution in [2.24, 2.45) is 0 Å². The first-order chi connectivity index (χ1) is 10.8. The number of alkyl halides is 3. The summed E-state index contributed by atoms with van der Waals surface area (Å²) in [4.78, 5) is 11.4. The predicted octanol–water partition coefficient (Wildman–Crippen LogP) is 3.70. The van der Waals surface area contributed by atoms with E-state index in [1.54, 1.807) is 0 Å². The molecule has 1 aromatic carbocycles. The molecule has 0 unspecified atom stereocenters. The Kier molecular flexibility index (Phi) is 7.35. The Morgan fingerprint density at radius 2 is 1.78 bits per heavy atom. The van der Waals surface area contributed by atoms with Gasteiger partial charge in [-0.3, -0.25) is 4.90 Å². The zero-order valence-corrected chi connectivity index (χ0v) is 13.3. The quantitative estimate of drug-likeness (QED) is 0.862. The summed E-state index contributed by atoms with van der Waals surface area (Å²) in [6.07, 6.45) is -2.32. The molecule has 1 aromatic rings. The summed E-state index contributed by atoms with van der Waals surface area (Å²) < 4.78 is 37.2. The number of rotatable bonds is 6. The van der Waals surface area contributed by atoms with E-state index in [9.17, 15) is 13.2 Å². The second-order valence-electron chi connectivity index (χ2n) is 5.17. The van der Waals surface area contributed by atoms with Gasteiger partial charge >= 0.3 is 12.1 Å². The van der Waals surface area contributed by atoms with Gasteiger partial charge in [-0.25, -0.2) is 4.79 Å². The maximum atomic E-state index is 10.6. The van der Waals surface area contributed by atoms with Gasteiger partial charge in [0.25, 0.3) is 0 Å². The molecule has 1 aliphatic carbocycles. The van der Waals surface area contributed by atoms with Gasteiger partial charge in [0.15, 0.2) is 0 Å². The average Bonchev–Trinajstić information content (AvgIpc) is 3.31. The highest BCUT2D eigenvalue weighted by atomic mass is 19.4. The Bertz CT molecular complexity index is 484. The molecule has 0 bridgehead atoms. The van der Waals surface area contributed by atoms with Crippen LogP contribution in [0.3, 0.4) is 0 Å². The Hall–Kier alpha value is -1.76. The molecular formula is C16H22F3NO3. The number of benzene rings is 1. The fraction of sp³-hybridized carbons (Fsp3) is 0.562. The Morgan fingerprint density at radius 3 is 2.13 bits per heavy atom. The summed E-state index contributed by atoms with van der Waals surface area (Å²) in [6, 6.07) is 9.34. The maximum Gasteiger partial charge on any atom is 0.490 e. The van der Waals surface area contributed by atoms with Crippen LogP contribution in [0.25, 0.3) is 0 Å². The molecule has 1 aliphatic rings. The zero-order valence-electron chi connectivity index (χ0n) is 13.3. The van der Waals surface area contributed by atoms with Gasteiger partial charge in [0.1, 0.15) is 5.75 Å². The molecule has 0 radical (unpaired) electrons. The van der Waals surface area contributed by atoms with Crippen LogP contribution < -0.4 is 4.74 Å². The SMILES string of the molecule is CCOc1ccc(CN(CC)C2CC2)cc1.O=C(O)C(F)(F)F. The first-order valence-corrected chi connectivity index (χ1v) is 7.53. The highest BCUT2D eigenvalue weighted by Gasteiger charge is 2.38. The summed E-state index contributed by atoms with van der Waals surface area (Å²) in [7, 11) is 0. The van der Waals surface area contributed by atoms with Gasteiger partial charge in [0.2, 0.25) is 0 Å². The zero-order chi connectivity index (χ0) is 17.5. The van der Waals surface area contributed by atoms with E-state index in [1.165, 1.54) is 18.4 Å². The minimum Gasteiger partial charge on any atom is -0.494 e. The standard InChI is InChI=1S/C14H21NO.C2HF3O2/c1-3-15(13-7-8-13)11-12-5-9-14(10-6-12)16-4-2;3-2(4,5)1(6)7/h5-6,9-10,13H,3-4,7-8,11H2,1-2H3;(H,6,7). The molecule has 0 heterocycles. The molecule has 1 N–H and O–H groups in total. The van der Waals surface area contributed by atoms with E-state index in [-0.39, 0.29) is 0 Å². The molecular weight excluding hydrogens is 311 g/mol. The fourth-order valence-corrected chi connectivity index (χ4v) is 2.03. The number of carboxylic acid groups (broad SMARTS) is 1. The van der Waals surface area contributed by atoms with Crippen molar-refractivity contribution in [1.29, 1.82) is 0 Å². The first-order valence-electron chi connectivity index (χ1n) is 7.53. The van der Waals surface area contributed by atoms with Crippen LogP contribution in [-0.2, 0) is 11.3 Å². The molecule has 0 aliphatic heterocycles. The van der Waals surface area contributed by atoms with Gasteiger partial charge in [-0.05, 0) is 44.0 Å². The molecule has 2 rings (SSSR count). The van der Waals surface area contributed by atoms with E-state index in [1.807, 2.05) is 6.92 Å². The third-order valence-electron chi connectivity index (χ3n) is 3.33. The van der Waals surface area contributed by atoms with Gasteiger partial charge in [-0.15, -0.1) is 0 Å². The number of aliphatic carboxylic acids is 1. The van der Waals surface area contributed by atoms with Crippen LogP contribution in [0.2, 0.25) is 0 Å². The average molecular weight is 333 g/mol. The Balaban J connectivity index is 0.000000322. The van der Waals surface area contributed by atoms with Crippen LogP contribution >= 0.6 is 0 Å². The van der Waals surface area contributed by atoms with Crippen LogP contribution in [0.15, 0.2) is 24.3 Å². The lowest BCUT2D eigenvalue weighted by Crippen LogP contribution is -2.24. The van der Waals surface area contributed by atoms with Crippen molar-refractivity contribution in [2.75, 3.05) is 13.2 Å². The highest BCUT2D eigenvalue weighted by molar-refractivity contribution is 5.73. The van der Waals surface area contributed by atoms with E-state index in [4.69, 9.17) is 14.6 Å². The van der Waals surface area contributed by atoms with Crippen molar-refractivity contribution in [2.45, 2.75) is 45.5 Å². The number of ether oxygens (including phenoxy) is 1. The summed E-state index contributed by atoms with van der Waals surface area (Å²) in [6.45, 7) is 7.22. The van der Waals surface area contributed by atoms with Gasteiger partial charge in [0.05, 0.1) is 6.61 Å².